The molecule has 0 fully saturated rings. The molecule has 2 N–H and O–H groups in total. The summed E-state index contributed by atoms with van der Waals surface area (Å²) >= 11 is 0. The van der Waals surface area contributed by atoms with Crippen molar-refractivity contribution in [3.8, 4) is 11.5 Å². The van der Waals surface area contributed by atoms with Crippen molar-refractivity contribution in [3.63, 3.8) is 0 Å². The molecule has 5 heteroatoms. The maximum absolute atomic E-state index is 12.6. The smallest absolute Gasteiger partial charge is 0.266 e. The summed E-state index contributed by atoms with van der Waals surface area (Å²) < 4.78 is 5.72. The molecule has 0 bridgehead atoms. The monoisotopic (exact) mass is 330 g/mol. The fourth-order valence-electron chi connectivity index (χ4n) is 2.78. The fraction of sp³-hybridized carbons (Fsp3) is 0. The molecule has 1 heterocycles. The number of nitrogens with zero attached hydrogens (tertiary/aromatic N) is 1. The largest absolute Gasteiger partial charge is 0.457 e. The minimum atomic E-state index is -0.371. The average molecular weight is 330 g/mol. The van der Waals surface area contributed by atoms with Gasteiger partial charge in [-0.1, -0.05) is 18.2 Å². The van der Waals surface area contributed by atoms with Crippen LogP contribution in [0, 0.1) is 0 Å². The summed E-state index contributed by atoms with van der Waals surface area (Å²) in [5.41, 5.74) is 7.35. The Hall–Kier alpha value is -3.60. The van der Waals surface area contributed by atoms with E-state index in [2.05, 4.69) is 0 Å². The van der Waals surface area contributed by atoms with Crippen LogP contribution in [0.2, 0.25) is 0 Å². The number of benzene rings is 3. The second kappa shape index (κ2) is 5.79. The van der Waals surface area contributed by atoms with Gasteiger partial charge in [0.1, 0.15) is 11.5 Å². The van der Waals surface area contributed by atoms with Crippen LogP contribution in [0.5, 0.6) is 11.5 Å². The number of fused-ring (bicyclic) bond motifs is 1. The molecular formula is C20H14N2O3. The number of amides is 2. The average Bonchev–Trinajstić information content (AvgIpc) is 2.87. The maximum atomic E-state index is 12.6. The van der Waals surface area contributed by atoms with Gasteiger partial charge in [-0.3, -0.25) is 9.59 Å². The van der Waals surface area contributed by atoms with Crippen LogP contribution in [0.15, 0.2) is 72.8 Å². The summed E-state index contributed by atoms with van der Waals surface area (Å²) in [6.07, 6.45) is 0. The first-order valence-electron chi connectivity index (χ1n) is 7.75. The van der Waals surface area contributed by atoms with Crippen LogP contribution in [0.3, 0.4) is 0 Å². The van der Waals surface area contributed by atoms with Gasteiger partial charge in [-0.2, -0.15) is 0 Å². The van der Waals surface area contributed by atoms with Crippen molar-refractivity contribution in [1.29, 1.82) is 0 Å². The van der Waals surface area contributed by atoms with Gasteiger partial charge in [0, 0.05) is 5.69 Å². The highest BCUT2D eigenvalue weighted by atomic mass is 16.5. The van der Waals surface area contributed by atoms with E-state index in [9.17, 15) is 9.59 Å². The molecule has 0 aromatic heterocycles. The van der Waals surface area contributed by atoms with Crippen molar-refractivity contribution in [2.45, 2.75) is 0 Å². The normalized spacial score (nSPS) is 13.0. The van der Waals surface area contributed by atoms with Gasteiger partial charge >= 0.3 is 0 Å². The number of rotatable bonds is 3. The fourth-order valence-corrected chi connectivity index (χ4v) is 2.78. The number of nitrogens with two attached hydrogens (primary N) is 1. The van der Waals surface area contributed by atoms with Crippen molar-refractivity contribution < 1.29 is 14.3 Å². The Balaban J connectivity index is 1.61. The van der Waals surface area contributed by atoms with Crippen LogP contribution in [0.1, 0.15) is 20.7 Å². The van der Waals surface area contributed by atoms with Crippen molar-refractivity contribution in [2.75, 3.05) is 10.6 Å². The second-order valence-electron chi connectivity index (χ2n) is 5.66. The third-order valence-electron chi connectivity index (χ3n) is 3.98. The van der Waals surface area contributed by atoms with Gasteiger partial charge < -0.3 is 10.5 Å². The number of nitrogen functional groups attached to an aromatic ring is 1. The number of anilines is 2. The van der Waals surface area contributed by atoms with E-state index in [0.717, 1.165) is 4.90 Å². The number of para-hydroxylation sites is 1. The highest BCUT2D eigenvalue weighted by Gasteiger charge is 2.36. The molecule has 0 aliphatic carbocycles. The van der Waals surface area contributed by atoms with Gasteiger partial charge in [-0.25, -0.2) is 4.90 Å². The van der Waals surface area contributed by atoms with Crippen LogP contribution >= 0.6 is 0 Å². The standard InChI is InChI=1S/C20H14N2O3/c21-13-6-11-17-18(12-13)20(24)22(19(17)23)14-7-9-16(10-8-14)25-15-4-2-1-3-5-15/h1-12H,21H2. The molecule has 3 aromatic carbocycles. The number of carbonyl (C=O) groups is 2. The highest BCUT2D eigenvalue weighted by Crippen LogP contribution is 2.31. The van der Waals surface area contributed by atoms with E-state index in [1.807, 2.05) is 30.3 Å². The van der Waals surface area contributed by atoms with Crippen molar-refractivity contribution in [3.05, 3.63) is 83.9 Å². The van der Waals surface area contributed by atoms with E-state index in [1.54, 1.807) is 36.4 Å². The van der Waals surface area contributed by atoms with E-state index in [-0.39, 0.29) is 11.8 Å². The topological polar surface area (TPSA) is 72.6 Å². The molecular weight excluding hydrogens is 316 g/mol. The zero-order chi connectivity index (χ0) is 17.4. The molecule has 0 saturated carbocycles. The van der Waals surface area contributed by atoms with Gasteiger partial charge in [0.2, 0.25) is 0 Å². The molecule has 3 aromatic rings. The Morgan fingerprint density at radius 3 is 2.08 bits per heavy atom. The predicted molar refractivity (Wildman–Crippen MR) is 95.0 cm³/mol. The molecule has 5 nitrogen and oxygen atoms in total. The molecule has 25 heavy (non-hydrogen) atoms. The number of ether oxygens (including phenoxy) is 1. The molecule has 1 aliphatic heterocycles. The molecule has 0 unspecified atom stereocenters. The molecule has 4 rings (SSSR count). The van der Waals surface area contributed by atoms with Crippen LogP contribution in [-0.4, -0.2) is 11.8 Å². The van der Waals surface area contributed by atoms with Crippen LogP contribution in [0.4, 0.5) is 11.4 Å². The zero-order valence-electron chi connectivity index (χ0n) is 13.2. The summed E-state index contributed by atoms with van der Waals surface area (Å²) in [6, 6.07) is 20.9. The highest BCUT2D eigenvalue weighted by molar-refractivity contribution is 6.34. The quantitative estimate of drug-likeness (QED) is 0.584. The molecule has 0 saturated heterocycles. The first-order chi connectivity index (χ1) is 12.1. The molecule has 2 amide bonds. The van der Waals surface area contributed by atoms with Crippen LogP contribution in [-0.2, 0) is 0 Å². The summed E-state index contributed by atoms with van der Waals surface area (Å²) in [4.78, 5) is 26.2. The number of imide groups is 1. The van der Waals surface area contributed by atoms with Crippen molar-refractivity contribution in [2.24, 2.45) is 0 Å². The minimum Gasteiger partial charge on any atom is -0.457 e. The van der Waals surface area contributed by atoms with E-state index in [4.69, 9.17) is 10.5 Å². The Morgan fingerprint density at radius 1 is 0.720 bits per heavy atom. The Kier molecular flexibility index (Phi) is 3.47. The van der Waals surface area contributed by atoms with E-state index >= 15 is 0 Å². The maximum Gasteiger partial charge on any atom is 0.266 e. The summed E-state index contributed by atoms with van der Waals surface area (Å²) in [6.45, 7) is 0. The van der Waals surface area contributed by atoms with Crippen LogP contribution in [0.25, 0.3) is 0 Å². The number of hydrogen-bond acceptors (Lipinski definition) is 4. The lowest BCUT2D eigenvalue weighted by molar-refractivity contribution is 0.0926. The molecule has 0 atom stereocenters. The summed E-state index contributed by atoms with van der Waals surface area (Å²) in [5, 5.41) is 0. The Labute approximate surface area is 144 Å². The second-order valence-corrected chi connectivity index (χ2v) is 5.66. The Morgan fingerprint density at radius 2 is 1.36 bits per heavy atom. The van der Waals surface area contributed by atoms with Crippen LogP contribution < -0.4 is 15.4 Å². The molecule has 0 spiro atoms. The zero-order valence-corrected chi connectivity index (χ0v) is 13.2. The molecule has 1 aliphatic rings. The SMILES string of the molecule is Nc1ccc2c(c1)C(=O)N(c1ccc(Oc3ccccc3)cc1)C2=O. The Bertz CT molecular complexity index is 966. The molecule has 122 valence electrons. The van der Waals surface area contributed by atoms with Gasteiger partial charge in [0.15, 0.2) is 0 Å². The van der Waals surface area contributed by atoms with E-state index in [0.29, 0.717) is 34.0 Å². The number of carbonyl (C=O) groups excluding carboxylic acids is 2. The van der Waals surface area contributed by atoms with Gasteiger partial charge in [0.05, 0.1) is 16.8 Å². The summed E-state index contributed by atoms with van der Waals surface area (Å²) in [5.74, 6) is 0.614. The number of hydrogen-bond donors (Lipinski definition) is 1. The van der Waals surface area contributed by atoms with Gasteiger partial charge in [0.25, 0.3) is 11.8 Å². The minimum absolute atomic E-state index is 0.328. The van der Waals surface area contributed by atoms with E-state index < -0.39 is 0 Å². The third kappa shape index (κ3) is 2.61. The van der Waals surface area contributed by atoms with Gasteiger partial charge in [-0.15, -0.1) is 0 Å². The van der Waals surface area contributed by atoms with Gasteiger partial charge in [-0.05, 0) is 54.6 Å². The van der Waals surface area contributed by atoms with Crippen molar-refractivity contribution >= 4 is 23.2 Å². The lowest BCUT2D eigenvalue weighted by Gasteiger charge is -2.14. The first kappa shape index (κ1) is 15.0. The van der Waals surface area contributed by atoms with E-state index in [1.165, 1.54) is 6.07 Å². The predicted octanol–water partition coefficient (Wildman–Crippen LogP) is 3.86. The summed E-state index contributed by atoms with van der Waals surface area (Å²) in [7, 11) is 0. The lowest BCUT2D eigenvalue weighted by atomic mass is 10.1. The third-order valence-corrected chi connectivity index (χ3v) is 3.98. The van der Waals surface area contributed by atoms with Crippen molar-refractivity contribution in [1.82, 2.24) is 0 Å². The lowest BCUT2D eigenvalue weighted by Crippen LogP contribution is -2.29. The molecule has 0 radical (unpaired) electrons. The first-order valence-corrected chi connectivity index (χ1v) is 7.75.